The van der Waals surface area contributed by atoms with E-state index in [1.54, 1.807) is 12.1 Å². The molecule has 0 saturated heterocycles. The van der Waals surface area contributed by atoms with Crippen LogP contribution < -0.4 is 16.1 Å². The minimum absolute atomic E-state index is 0.0935. The number of rotatable bonds is 4. The molecule has 0 N–H and O–H groups in total. The van der Waals surface area contributed by atoms with Crippen LogP contribution in [-0.4, -0.2) is 25.5 Å². The number of hydrogen-bond donors (Lipinski definition) is 0. The number of hydrogen-bond acceptors (Lipinski definition) is 5. The maximum atomic E-state index is 12.2. The van der Waals surface area contributed by atoms with E-state index in [4.69, 9.17) is 0 Å². The van der Waals surface area contributed by atoms with Gasteiger partial charge < -0.3 is 4.90 Å². The Bertz CT molecular complexity index is 1020. The van der Waals surface area contributed by atoms with Crippen LogP contribution in [0.25, 0.3) is 11.2 Å². The topological polar surface area (TPSA) is 90.1 Å². The lowest BCUT2D eigenvalue weighted by atomic mass is 10.3. The molecule has 0 saturated carbocycles. The van der Waals surface area contributed by atoms with Crippen molar-refractivity contribution in [2.24, 2.45) is 14.1 Å². The van der Waals surface area contributed by atoms with Gasteiger partial charge in [0, 0.05) is 19.8 Å². The summed E-state index contributed by atoms with van der Waals surface area (Å²) in [5.41, 5.74) is 0.491. The number of para-hydroxylation sites is 1. The highest BCUT2D eigenvalue weighted by Crippen LogP contribution is 2.14. The van der Waals surface area contributed by atoms with Gasteiger partial charge in [0.15, 0.2) is 11.2 Å². The Morgan fingerprint density at radius 2 is 1.83 bits per heavy atom. The summed E-state index contributed by atoms with van der Waals surface area (Å²) >= 11 is 0. The van der Waals surface area contributed by atoms with Crippen molar-refractivity contribution >= 4 is 23.3 Å². The van der Waals surface area contributed by atoms with Crippen molar-refractivity contribution < 1.29 is 4.79 Å². The molecule has 0 bridgehead atoms. The van der Waals surface area contributed by atoms with E-state index in [2.05, 4.69) is 9.97 Å². The van der Waals surface area contributed by atoms with Crippen molar-refractivity contribution in [2.45, 2.75) is 6.54 Å². The zero-order chi connectivity index (χ0) is 17.3. The lowest BCUT2D eigenvalue weighted by molar-refractivity contribution is -0.107. The van der Waals surface area contributed by atoms with Crippen molar-refractivity contribution in [3.63, 3.8) is 0 Å². The Morgan fingerprint density at radius 1 is 1.12 bits per heavy atom. The average Bonchev–Trinajstić information content (AvgIpc) is 2.63. The first-order chi connectivity index (χ1) is 11.5. The summed E-state index contributed by atoms with van der Waals surface area (Å²) in [7, 11) is 2.92. The average molecular weight is 325 g/mol. The number of amides is 1. The molecule has 0 atom stereocenters. The van der Waals surface area contributed by atoms with Gasteiger partial charge in [0.2, 0.25) is 6.41 Å². The third-order valence-corrected chi connectivity index (χ3v) is 3.75. The van der Waals surface area contributed by atoms with Crippen LogP contribution in [0.2, 0.25) is 0 Å². The largest absolute Gasteiger partial charge is 0.332 e. The molecule has 0 aliphatic carbocycles. The number of anilines is 1. The Hall–Kier alpha value is -3.29. The number of carbonyl (C=O) groups is 1. The second kappa shape index (κ2) is 6.07. The summed E-state index contributed by atoms with van der Waals surface area (Å²) in [6, 6.07) is 9.09. The molecule has 8 nitrogen and oxygen atoms in total. The van der Waals surface area contributed by atoms with Crippen LogP contribution in [0, 0.1) is 0 Å². The maximum Gasteiger partial charge on any atom is 0.332 e. The molecule has 0 aliphatic heterocycles. The number of nitrogens with zero attached hydrogens (tertiary/aromatic N) is 5. The van der Waals surface area contributed by atoms with Crippen LogP contribution in [0.4, 0.5) is 5.69 Å². The van der Waals surface area contributed by atoms with Crippen LogP contribution in [0.5, 0.6) is 0 Å². The third-order valence-electron chi connectivity index (χ3n) is 3.75. The molecule has 24 heavy (non-hydrogen) atoms. The van der Waals surface area contributed by atoms with Gasteiger partial charge in [0.25, 0.3) is 5.56 Å². The molecule has 2 heterocycles. The monoisotopic (exact) mass is 325 g/mol. The molecule has 122 valence electrons. The molecular formula is C16H15N5O3. The number of carbonyl (C=O) groups excluding carboxylic acids is 1. The molecule has 8 heteroatoms. The first kappa shape index (κ1) is 15.6. The van der Waals surface area contributed by atoms with Crippen LogP contribution in [0.3, 0.4) is 0 Å². The van der Waals surface area contributed by atoms with E-state index in [0.29, 0.717) is 17.8 Å². The van der Waals surface area contributed by atoms with Crippen LogP contribution in [0.15, 0.2) is 46.1 Å². The highest BCUT2D eigenvalue weighted by molar-refractivity contribution is 5.75. The Morgan fingerprint density at radius 3 is 2.50 bits per heavy atom. The minimum atomic E-state index is -0.514. The van der Waals surface area contributed by atoms with Gasteiger partial charge in [0.05, 0.1) is 18.4 Å². The predicted octanol–water partition coefficient (Wildman–Crippen LogP) is 0.190. The van der Waals surface area contributed by atoms with Gasteiger partial charge in [-0.25, -0.2) is 14.8 Å². The van der Waals surface area contributed by atoms with E-state index < -0.39 is 11.2 Å². The van der Waals surface area contributed by atoms with Crippen molar-refractivity contribution in [1.82, 2.24) is 19.1 Å². The second-order valence-corrected chi connectivity index (χ2v) is 5.31. The van der Waals surface area contributed by atoms with Gasteiger partial charge >= 0.3 is 5.69 Å². The quantitative estimate of drug-likeness (QED) is 0.639. The van der Waals surface area contributed by atoms with E-state index >= 15 is 0 Å². The molecule has 3 rings (SSSR count). The van der Waals surface area contributed by atoms with Gasteiger partial charge in [-0.15, -0.1) is 0 Å². The van der Waals surface area contributed by atoms with Crippen LogP contribution >= 0.6 is 0 Å². The van der Waals surface area contributed by atoms with Crippen molar-refractivity contribution in [3.8, 4) is 0 Å². The van der Waals surface area contributed by atoms with E-state index in [0.717, 1.165) is 4.57 Å². The molecule has 2 aromatic heterocycles. The van der Waals surface area contributed by atoms with Crippen molar-refractivity contribution in [1.29, 1.82) is 0 Å². The zero-order valence-corrected chi connectivity index (χ0v) is 13.2. The van der Waals surface area contributed by atoms with E-state index in [1.807, 2.05) is 18.2 Å². The summed E-state index contributed by atoms with van der Waals surface area (Å²) < 4.78 is 2.25. The van der Waals surface area contributed by atoms with Gasteiger partial charge in [-0.05, 0) is 12.1 Å². The van der Waals surface area contributed by atoms with Crippen LogP contribution in [0.1, 0.15) is 5.69 Å². The van der Waals surface area contributed by atoms with Crippen LogP contribution in [-0.2, 0) is 25.4 Å². The number of aryl methyl sites for hydroxylation is 1. The van der Waals surface area contributed by atoms with Gasteiger partial charge in [-0.3, -0.25) is 18.7 Å². The normalized spacial score (nSPS) is 10.8. The molecular weight excluding hydrogens is 310 g/mol. The Kier molecular flexibility index (Phi) is 3.95. The predicted molar refractivity (Wildman–Crippen MR) is 88.7 cm³/mol. The molecule has 0 fully saturated rings. The lowest BCUT2D eigenvalue weighted by Crippen LogP contribution is -2.38. The van der Waals surface area contributed by atoms with Gasteiger partial charge in [-0.1, -0.05) is 18.2 Å². The Labute approximate surface area is 136 Å². The molecule has 1 amide bonds. The number of fused-ring (bicyclic) bond motifs is 1. The fourth-order valence-corrected chi connectivity index (χ4v) is 2.43. The highest BCUT2D eigenvalue weighted by Gasteiger charge is 2.13. The molecule has 1 aromatic carbocycles. The molecule has 3 aromatic rings. The Balaban J connectivity index is 2.07. The van der Waals surface area contributed by atoms with E-state index in [9.17, 15) is 14.4 Å². The van der Waals surface area contributed by atoms with E-state index in [1.165, 1.54) is 29.8 Å². The maximum absolute atomic E-state index is 12.2. The third kappa shape index (κ3) is 2.58. The SMILES string of the molecule is Cn1c(=O)c2nc(CN(C=O)c3ccccc3)cnc2n(C)c1=O. The van der Waals surface area contributed by atoms with Gasteiger partial charge in [-0.2, -0.15) is 0 Å². The summed E-state index contributed by atoms with van der Waals surface area (Å²) in [6.45, 7) is 0.169. The summed E-state index contributed by atoms with van der Waals surface area (Å²) in [6.07, 6.45) is 2.15. The lowest BCUT2D eigenvalue weighted by Gasteiger charge is -2.17. The van der Waals surface area contributed by atoms with E-state index in [-0.39, 0.29) is 17.7 Å². The first-order valence-electron chi connectivity index (χ1n) is 7.21. The molecule has 0 aliphatic rings. The summed E-state index contributed by atoms with van der Waals surface area (Å²) in [4.78, 5) is 45.4. The fourth-order valence-electron chi connectivity index (χ4n) is 2.43. The minimum Gasteiger partial charge on any atom is -0.309 e. The smallest absolute Gasteiger partial charge is 0.309 e. The summed E-state index contributed by atoms with van der Waals surface area (Å²) in [5.74, 6) is 0. The number of aromatic nitrogens is 4. The second-order valence-electron chi connectivity index (χ2n) is 5.31. The standard InChI is InChI=1S/C16H15N5O3/c1-19-14-13(15(23)20(2)16(19)24)18-11(8-17-14)9-21(10-22)12-6-4-3-5-7-12/h3-8,10H,9H2,1-2H3. The fraction of sp³-hybridized carbons (Fsp3) is 0.188. The first-order valence-corrected chi connectivity index (χ1v) is 7.21. The highest BCUT2D eigenvalue weighted by atomic mass is 16.2. The van der Waals surface area contributed by atoms with Gasteiger partial charge in [0.1, 0.15) is 0 Å². The number of benzene rings is 1. The molecule has 0 spiro atoms. The summed E-state index contributed by atoms with van der Waals surface area (Å²) in [5, 5.41) is 0. The molecule has 0 radical (unpaired) electrons. The van der Waals surface area contributed by atoms with Crippen molar-refractivity contribution in [3.05, 3.63) is 63.1 Å². The van der Waals surface area contributed by atoms with Crippen molar-refractivity contribution in [2.75, 3.05) is 4.90 Å². The molecule has 0 unspecified atom stereocenters. The zero-order valence-electron chi connectivity index (χ0n) is 13.2.